The van der Waals surface area contributed by atoms with E-state index in [4.69, 9.17) is 21.4 Å². The average Bonchev–Trinajstić information content (AvgIpc) is 3.18. The van der Waals surface area contributed by atoms with Crippen LogP contribution in [0.2, 0.25) is 0 Å². The average molecular weight is 417 g/mol. The highest BCUT2D eigenvalue weighted by Crippen LogP contribution is 2.27. The molecule has 1 aromatic heterocycles. The number of fused-ring (bicyclic) bond motifs is 1. The van der Waals surface area contributed by atoms with Crippen molar-refractivity contribution in [1.82, 2.24) is 10.3 Å². The fraction of sp³-hybridized carbons (Fsp3) is 0.0870. The van der Waals surface area contributed by atoms with Gasteiger partial charge in [0.2, 0.25) is 5.89 Å². The Morgan fingerprint density at radius 2 is 1.83 bits per heavy atom. The molecule has 4 rings (SSSR count). The van der Waals surface area contributed by atoms with E-state index in [2.05, 4.69) is 15.6 Å². The minimum absolute atomic E-state index is 0.207. The van der Waals surface area contributed by atoms with E-state index in [9.17, 15) is 4.79 Å². The van der Waals surface area contributed by atoms with E-state index in [1.54, 1.807) is 24.3 Å². The first kappa shape index (κ1) is 19.6. The molecule has 0 atom stereocenters. The maximum Gasteiger partial charge on any atom is 0.257 e. The molecule has 1 amide bonds. The lowest BCUT2D eigenvalue weighted by atomic mass is 10.2. The second-order valence-electron chi connectivity index (χ2n) is 6.43. The third-order valence-corrected chi connectivity index (χ3v) is 4.52. The van der Waals surface area contributed by atoms with Crippen molar-refractivity contribution in [2.24, 2.45) is 0 Å². The molecule has 0 fully saturated rings. The maximum absolute atomic E-state index is 12.2. The van der Waals surface area contributed by atoms with Crippen LogP contribution in [0.15, 0.2) is 77.2 Å². The number of nitrogens with one attached hydrogen (secondary N) is 2. The quantitative estimate of drug-likeness (QED) is 0.444. The molecule has 0 aliphatic carbocycles. The number of nitrogens with zero attached hydrogens (tertiary/aromatic N) is 1. The SMILES string of the molecule is CCOc1ccc(-c2nc3cc(NC(=S)NC(=O)c4ccccc4)ccc3o2)cc1. The summed E-state index contributed by atoms with van der Waals surface area (Å²) in [6, 6.07) is 21.9. The summed E-state index contributed by atoms with van der Waals surface area (Å²) in [6.07, 6.45) is 0. The van der Waals surface area contributed by atoms with E-state index >= 15 is 0 Å². The van der Waals surface area contributed by atoms with E-state index in [0.717, 1.165) is 11.3 Å². The monoisotopic (exact) mass is 417 g/mol. The van der Waals surface area contributed by atoms with Gasteiger partial charge in [0.1, 0.15) is 11.3 Å². The maximum atomic E-state index is 12.2. The predicted molar refractivity (Wildman–Crippen MR) is 121 cm³/mol. The molecule has 6 nitrogen and oxygen atoms in total. The van der Waals surface area contributed by atoms with Crippen LogP contribution in [0, 0.1) is 0 Å². The molecule has 150 valence electrons. The third kappa shape index (κ3) is 4.47. The topological polar surface area (TPSA) is 76.4 Å². The molecule has 4 aromatic rings. The van der Waals surface area contributed by atoms with Gasteiger partial charge in [-0.15, -0.1) is 0 Å². The first-order chi connectivity index (χ1) is 14.6. The van der Waals surface area contributed by atoms with Gasteiger partial charge >= 0.3 is 0 Å². The predicted octanol–water partition coefficient (Wildman–Crippen LogP) is 5.02. The molecular formula is C23H19N3O3S. The Hall–Kier alpha value is -3.71. The van der Waals surface area contributed by atoms with Gasteiger partial charge in [0.25, 0.3) is 5.91 Å². The van der Waals surface area contributed by atoms with Gasteiger partial charge in [0.15, 0.2) is 10.7 Å². The molecule has 2 N–H and O–H groups in total. The highest BCUT2D eigenvalue weighted by molar-refractivity contribution is 7.80. The summed E-state index contributed by atoms with van der Waals surface area (Å²) < 4.78 is 11.3. The largest absolute Gasteiger partial charge is 0.494 e. The summed E-state index contributed by atoms with van der Waals surface area (Å²) in [5, 5.41) is 5.88. The molecule has 30 heavy (non-hydrogen) atoms. The lowest BCUT2D eigenvalue weighted by Crippen LogP contribution is -2.34. The van der Waals surface area contributed by atoms with Crippen molar-refractivity contribution in [3.63, 3.8) is 0 Å². The summed E-state index contributed by atoms with van der Waals surface area (Å²) >= 11 is 5.25. The van der Waals surface area contributed by atoms with Gasteiger partial charge in [0.05, 0.1) is 6.61 Å². The van der Waals surface area contributed by atoms with Crippen LogP contribution in [-0.2, 0) is 0 Å². The van der Waals surface area contributed by atoms with Gasteiger partial charge in [0, 0.05) is 16.8 Å². The van der Waals surface area contributed by atoms with Gasteiger partial charge in [-0.1, -0.05) is 18.2 Å². The Balaban J connectivity index is 1.47. The fourth-order valence-corrected chi connectivity index (χ4v) is 3.13. The van der Waals surface area contributed by atoms with E-state index in [-0.39, 0.29) is 11.0 Å². The van der Waals surface area contributed by atoms with Crippen molar-refractivity contribution in [2.45, 2.75) is 6.92 Å². The van der Waals surface area contributed by atoms with Crippen LogP contribution in [0.1, 0.15) is 17.3 Å². The number of hydrogen-bond donors (Lipinski definition) is 2. The highest BCUT2D eigenvalue weighted by Gasteiger charge is 2.11. The van der Waals surface area contributed by atoms with Crippen LogP contribution in [-0.4, -0.2) is 22.6 Å². The van der Waals surface area contributed by atoms with Crippen molar-refractivity contribution < 1.29 is 13.9 Å². The highest BCUT2D eigenvalue weighted by atomic mass is 32.1. The molecule has 0 aliphatic rings. The molecular weight excluding hydrogens is 398 g/mol. The molecule has 0 spiro atoms. The van der Waals surface area contributed by atoms with Gasteiger partial charge in [-0.3, -0.25) is 10.1 Å². The Morgan fingerprint density at radius 3 is 2.57 bits per heavy atom. The number of rotatable bonds is 5. The van der Waals surface area contributed by atoms with Crippen molar-refractivity contribution in [3.05, 3.63) is 78.4 Å². The zero-order valence-electron chi connectivity index (χ0n) is 16.2. The van der Waals surface area contributed by atoms with Gasteiger partial charge < -0.3 is 14.5 Å². The Morgan fingerprint density at radius 1 is 1.07 bits per heavy atom. The minimum atomic E-state index is -0.270. The molecule has 0 saturated carbocycles. The number of aromatic nitrogens is 1. The Bertz CT molecular complexity index is 1190. The zero-order valence-corrected chi connectivity index (χ0v) is 17.0. The second kappa shape index (κ2) is 8.75. The number of amides is 1. The van der Waals surface area contributed by atoms with Crippen LogP contribution >= 0.6 is 12.2 Å². The number of anilines is 1. The number of thiocarbonyl (C=S) groups is 1. The summed E-state index contributed by atoms with van der Waals surface area (Å²) in [6.45, 7) is 2.56. The van der Waals surface area contributed by atoms with E-state index in [1.807, 2.05) is 55.5 Å². The van der Waals surface area contributed by atoms with Gasteiger partial charge in [-0.2, -0.15) is 0 Å². The van der Waals surface area contributed by atoms with Gasteiger partial charge in [-0.25, -0.2) is 4.98 Å². The lowest BCUT2D eigenvalue weighted by molar-refractivity contribution is 0.0977. The molecule has 7 heteroatoms. The minimum Gasteiger partial charge on any atom is -0.494 e. The van der Waals surface area contributed by atoms with Crippen LogP contribution in [0.4, 0.5) is 5.69 Å². The van der Waals surface area contributed by atoms with E-state index in [1.165, 1.54) is 0 Å². The second-order valence-corrected chi connectivity index (χ2v) is 6.84. The smallest absolute Gasteiger partial charge is 0.257 e. The van der Waals surface area contributed by atoms with Crippen molar-refractivity contribution in [1.29, 1.82) is 0 Å². The van der Waals surface area contributed by atoms with Crippen LogP contribution in [0.3, 0.4) is 0 Å². The van der Waals surface area contributed by atoms with Crippen molar-refractivity contribution >= 4 is 40.0 Å². The molecule has 1 heterocycles. The van der Waals surface area contributed by atoms with Crippen molar-refractivity contribution in [2.75, 3.05) is 11.9 Å². The zero-order chi connectivity index (χ0) is 20.9. The number of ether oxygens (including phenoxy) is 1. The van der Waals surface area contributed by atoms with Crippen LogP contribution in [0.25, 0.3) is 22.6 Å². The number of hydrogen-bond acceptors (Lipinski definition) is 5. The Labute approximate surface area is 178 Å². The Kier molecular flexibility index (Phi) is 5.72. The molecule has 0 unspecified atom stereocenters. The third-order valence-electron chi connectivity index (χ3n) is 4.32. The first-order valence-corrected chi connectivity index (χ1v) is 9.84. The summed E-state index contributed by atoms with van der Waals surface area (Å²) in [5.74, 6) is 1.05. The summed E-state index contributed by atoms with van der Waals surface area (Å²) in [5.41, 5.74) is 3.43. The van der Waals surface area contributed by atoms with Gasteiger partial charge in [-0.05, 0) is 73.7 Å². The molecule has 0 bridgehead atoms. The molecule has 3 aromatic carbocycles. The normalized spacial score (nSPS) is 10.6. The molecule has 0 saturated heterocycles. The number of oxazole rings is 1. The standard InChI is InChI=1S/C23H19N3O3S/c1-2-28-18-11-8-16(9-12-18)22-25-19-14-17(10-13-20(19)29-22)24-23(30)26-21(27)15-6-4-3-5-7-15/h3-14H,2H2,1H3,(H2,24,26,27,30). The summed E-state index contributed by atoms with van der Waals surface area (Å²) in [4.78, 5) is 16.8. The fourth-order valence-electron chi connectivity index (χ4n) is 2.92. The van der Waals surface area contributed by atoms with E-state index in [0.29, 0.717) is 34.8 Å². The number of carbonyl (C=O) groups is 1. The number of benzene rings is 3. The summed E-state index contributed by atoms with van der Waals surface area (Å²) in [7, 11) is 0. The van der Waals surface area contributed by atoms with Crippen LogP contribution < -0.4 is 15.4 Å². The molecule has 0 aliphatic heterocycles. The lowest BCUT2D eigenvalue weighted by Gasteiger charge is -2.09. The molecule has 0 radical (unpaired) electrons. The number of carbonyl (C=O) groups excluding carboxylic acids is 1. The van der Waals surface area contributed by atoms with Crippen LogP contribution in [0.5, 0.6) is 5.75 Å². The van der Waals surface area contributed by atoms with Crippen molar-refractivity contribution in [3.8, 4) is 17.2 Å². The van der Waals surface area contributed by atoms with E-state index < -0.39 is 0 Å². The first-order valence-electron chi connectivity index (χ1n) is 9.43.